The third-order valence-corrected chi connectivity index (χ3v) is 9.40. The zero-order valence-corrected chi connectivity index (χ0v) is 26.8. The fourth-order valence-electron chi connectivity index (χ4n) is 6.72. The molecule has 252 valence electrons. The molecule has 0 spiro atoms. The van der Waals surface area contributed by atoms with Crippen molar-refractivity contribution in [3.8, 4) is 0 Å². The summed E-state index contributed by atoms with van der Waals surface area (Å²) < 4.78 is 16.8. The van der Waals surface area contributed by atoms with Gasteiger partial charge in [0.25, 0.3) is 11.8 Å². The van der Waals surface area contributed by atoms with Crippen LogP contribution in [0.1, 0.15) is 72.6 Å². The molecule has 3 heterocycles. The summed E-state index contributed by atoms with van der Waals surface area (Å²) in [6.45, 7) is 8.59. The molecule has 1 saturated carbocycles. The van der Waals surface area contributed by atoms with E-state index in [0.29, 0.717) is 64.3 Å². The fourth-order valence-corrected chi connectivity index (χ4v) is 6.72. The Hall–Kier alpha value is -3.39. The van der Waals surface area contributed by atoms with Gasteiger partial charge in [-0.3, -0.25) is 39.1 Å². The predicted molar refractivity (Wildman–Crippen MR) is 168 cm³/mol. The van der Waals surface area contributed by atoms with Crippen LogP contribution >= 0.6 is 0 Å². The summed E-state index contributed by atoms with van der Waals surface area (Å²) in [5, 5.41) is 5.34. The lowest BCUT2D eigenvalue weighted by Gasteiger charge is -2.41. The minimum atomic E-state index is -1.00. The van der Waals surface area contributed by atoms with Crippen LogP contribution < -0.4 is 10.6 Å². The van der Waals surface area contributed by atoms with Gasteiger partial charge >= 0.3 is 0 Å². The topological polar surface area (TPSA) is 147 Å². The van der Waals surface area contributed by atoms with E-state index in [0.717, 1.165) is 37.0 Å². The van der Waals surface area contributed by atoms with E-state index in [1.807, 2.05) is 4.90 Å². The molecule has 13 heteroatoms. The van der Waals surface area contributed by atoms with E-state index in [2.05, 4.69) is 22.5 Å². The Morgan fingerprint density at radius 2 is 1.52 bits per heavy atom. The maximum Gasteiger partial charge on any atom is 0.264 e. The number of amides is 5. The van der Waals surface area contributed by atoms with Crippen molar-refractivity contribution < 1.29 is 38.2 Å². The van der Waals surface area contributed by atoms with E-state index in [1.54, 1.807) is 18.2 Å². The molecule has 46 heavy (non-hydrogen) atoms. The van der Waals surface area contributed by atoms with E-state index in [1.165, 1.54) is 25.7 Å². The number of imide groups is 2. The number of nitrogens with zero attached hydrogens (tertiary/aromatic N) is 3. The third kappa shape index (κ3) is 8.49. The number of piperidine rings is 1. The highest BCUT2D eigenvalue weighted by Crippen LogP contribution is 2.32. The molecule has 0 aromatic heterocycles. The Morgan fingerprint density at radius 3 is 2.22 bits per heavy atom. The number of hydrogen-bond acceptors (Lipinski definition) is 10. The molecule has 1 aromatic rings. The van der Waals surface area contributed by atoms with Gasteiger partial charge in [0.05, 0.1) is 57.2 Å². The Kier molecular flexibility index (Phi) is 12.1. The molecule has 0 bridgehead atoms. The summed E-state index contributed by atoms with van der Waals surface area (Å²) in [6, 6.07) is 4.62. The fraction of sp³-hybridized carbons (Fsp3) is 0.667. The first-order chi connectivity index (χ1) is 22.3. The lowest BCUT2D eigenvalue weighted by Crippen LogP contribution is -2.54. The van der Waals surface area contributed by atoms with Gasteiger partial charge in [0.15, 0.2) is 0 Å². The number of anilines is 1. The summed E-state index contributed by atoms with van der Waals surface area (Å²) in [6.07, 6.45) is 5.77. The Labute approximate surface area is 270 Å². The molecule has 0 radical (unpaired) electrons. The lowest BCUT2D eigenvalue weighted by atomic mass is 9.86. The van der Waals surface area contributed by atoms with Crippen LogP contribution in [0.2, 0.25) is 0 Å². The minimum Gasteiger partial charge on any atom is -0.382 e. The van der Waals surface area contributed by atoms with Crippen molar-refractivity contribution in [1.29, 1.82) is 0 Å². The van der Waals surface area contributed by atoms with E-state index >= 15 is 0 Å². The standard InChI is InChI=1S/C33H47N5O8/c1-23-5-7-24(8-6-23)36-13-15-37(16-14-36)29(40)11-17-44-19-21-46-22-20-45-18-12-34-26-4-2-3-25-30(26)33(43)38(32(25)42)27-9-10-28(39)35-31(27)41/h2-4,23-24,27,34H,5-22H2,1H3,(H,35,39,41). The number of fused-ring (bicyclic) bond motifs is 1. The second-order valence-electron chi connectivity index (χ2n) is 12.5. The average molecular weight is 642 g/mol. The number of nitrogens with one attached hydrogen (secondary N) is 2. The number of carbonyl (C=O) groups is 5. The van der Waals surface area contributed by atoms with Crippen LogP contribution in [0.15, 0.2) is 18.2 Å². The first-order valence-electron chi connectivity index (χ1n) is 16.7. The third-order valence-electron chi connectivity index (χ3n) is 9.40. The van der Waals surface area contributed by atoms with Crippen molar-refractivity contribution >= 4 is 35.2 Å². The molecule has 1 aromatic carbocycles. The molecule has 1 atom stereocenters. The molecule has 5 rings (SSSR count). The van der Waals surface area contributed by atoms with Crippen molar-refractivity contribution in [1.82, 2.24) is 20.0 Å². The van der Waals surface area contributed by atoms with Gasteiger partial charge in [-0.05, 0) is 50.2 Å². The average Bonchev–Trinajstić information content (AvgIpc) is 3.31. The van der Waals surface area contributed by atoms with Crippen LogP contribution in [0.4, 0.5) is 5.69 Å². The quantitative estimate of drug-likeness (QED) is 0.214. The Bertz CT molecular complexity index is 1260. The van der Waals surface area contributed by atoms with Gasteiger partial charge in [-0.25, -0.2) is 0 Å². The second kappa shape index (κ2) is 16.4. The number of carbonyl (C=O) groups excluding carboxylic acids is 5. The van der Waals surface area contributed by atoms with Crippen LogP contribution in [0.5, 0.6) is 0 Å². The molecule has 4 aliphatic rings. The zero-order valence-electron chi connectivity index (χ0n) is 26.8. The molecule has 2 N–H and O–H groups in total. The highest BCUT2D eigenvalue weighted by atomic mass is 16.5. The zero-order chi connectivity index (χ0) is 32.5. The highest BCUT2D eigenvalue weighted by Gasteiger charge is 2.45. The molecular weight excluding hydrogens is 594 g/mol. The van der Waals surface area contributed by atoms with Crippen LogP contribution in [0, 0.1) is 5.92 Å². The maximum atomic E-state index is 13.2. The van der Waals surface area contributed by atoms with Crippen molar-refractivity contribution in [2.45, 2.75) is 64.0 Å². The largest absolute Gasteiger partial charge is 0.382 e. The number of ether oxygens (including phenoxy) is 3. The van der Waals surface area contributed by atoms with Crippen LogP contribution in [-0.4, -0.2) is 129 Å². The van der Waals surface area contributed by atoms with Gasteiger partial charge in [-0.15, -0.1) is 0 Å². The molecule has 5 amide bonds. The number of rotatable bonds is 15. The first-order valence-corrected chi connectivity index (χ1v) is 16.7. The monoisotopic (exact) mass is 641 g/mol. The summed E-state index contributed by atoms with van der Waals surface area (Å²) in [5.74, 6) is -1.14. The van der Waals surface area contributed by atoms with E-state index in [9.17, 15) is 24.0 Å². The predicted octanol–water partition coefficient (Wildman–Crippen LogP) is 1.66. The normalized spacial score (nSPS) is 23.9. The molecule has 1 aliphatic carbocycles. The molecule has 3 aliphatic heterocycles. The SMILES string of the molecule is CC1CCC(N2CCN(C(=O)CCOCCOCCOCCNc3cccc4c3C(=O)N(C3CCC(=O)NC3=O)C4=O)CC2)CC1. The first kappa shape index (κ1) is 34.0. The smallest absolute Gasteiger partial charge is 0.264 e. The Morgan fingerprint density at radius 1 is 0.848 bits per heavy atom. The summed E-state index contributed by atoms with van der Waals surface area (Å²) in [5.41, 5.74) is 0.926. The summed E-state index contributed by atoms with van der Waals surface area (Å²) >= 11 is 0. The van der Waals surface area contributed by atoms with E-state index in [4.69, 9.17) is 14.2 Å². The number of piperazine rings is 1. The molecule has 3 fully saturated rings. The lowest BCUT2D eigenvalue weighted by molar-refractivity contribution is -0.136. The van der Waals surface area contributed by atoms with Crippen molar-refractivity contribution in [3.05, 3.63) is 29.3 Å². The van der Waals surface area contributed by atoms with Crippen LogP contribution in [-0.2, 0) is 28.6 Å². The van der Waals surface area contributed by atoms with Gasteiger partial charge in [-0.2, -0.15) is 0 Å². The van der Waals surface area contributed by atoms with Gasteiger partial charge < -0.3 is 24.4 Å². The molecule has 13 nitrogen and oxygen atoms in total. The maximum absolute atomic E-state index is 13.2. The van der Waals surface area contributed by atoms with Gasteiger partial charge in [0.2, 0.25) is 17.7 Å². The molecular formula is C33H47N5O8. The van der Waals surface area contributed by atoms with Gasteiger partial charge in [0, 0.05) is 50.9 Å². The van der Waals surface area contributed by atoms with E-state index in [-0.39, 0.29) is 29.9 Å². The van der Waals surface area contributed by atoms with Crippen LogP contribution in [0.3, 0.4) is 0 Å². The van der Waals surface area contributed by atoms with Gasteiger partial charge in [-0.1, -0.05) is 13.0 Å². The number of benzene rings is 1. The minimum absolute atomic E-state index is 0.0713. The molecule has 2 saturated heterocycles. The highest BCUT2D eigenvalue weighted by molar-refractivity contribution is 6.25. The summed E-state index contributed by atoms with van der Waals surface area (Å²) in [4.78, 5) is 68.0. The van der Waals surface area contributed by atoms with Crippen LogP contribution in [0.25, 0.3) is 0 Å². The van der Waals surface area contributed by atoms with Crippen molar-refractivity contribution in [2.75, 3.05) is 77.7 Å². The van der Waals surface area contributed by atoms with Crippen molar-refractivity contribution in [2.24, 2.45) is 5.92 Å². The van der Waals surface area contributed by atoms with E-state index < -0.39 is 29.7 Å². The molecule has 1 unspecified atom stereocenters. The summed E-state index contributed by atoms with van der Waals surface area (Å²) in [7, 11) is 0. The Balaban J connectivity index is 0.887. The van der Waals surface area contributed by atoms with Gasteiger partial charge in [0.1, 0.15) is 6.04 Å². The second-order valence-corrected chi connectivity index (χ2v) is 12.5. The van der Waals surface area contributed by atoms with Crippen molar-refractivity contribution in [3.63, 3.8) is 0 Å². The number of hydrogen-bond donors (Lipinski definition) is 2.